The Balaban J connectivity index is 1.69. The highest BCUT2D eigenvalue weighted by Gasteiger charge is 2.23. The Kier molecular flexibility index (Phi) is 4.55. The minimum atomic E-state index is -0.0653. The Morgan fingerprint density at radius 2 is 2.32 bits per heavy atom. The summed E-state index contributed by atoms with van der Waals surface area (Å²) in [5, 5.41) is 6.86. The van der Waals surface area contributed by atoms with Crippen LogP contribution in [0.25, 0.3) is 0 Å². The van der Waals surface area contributed by atoms with E-state index in [2.05, 4.69) is 46.8 Å². The summed E-state index contributed by atoms with van der Waals surface area (Å²) in [4.78, 5) is 17.8. The first-order chi connectivity index (χ1) is 10.6. The van der Waals surface area contributed by atoms with Gasteiger partial charge in [-0.15, -0.1) is 11.3 Å². The van der Waals surface area contributed by atoms with Crippen molar-refractivity contribution in [1.29, 1.82) is 0 Å². The van der Waals surface area contributed by atoms with Crippen LogP contribution in [0.15, 0.2) is 24.3 Å². The maximum absolute atomic E-state index is 12.1. The summed E-state index contributed by atoms with van der Waals surface area (Å²) in [6.45, 7) is 5.03. The van der Waals surface area contributed by atoms with Gasteiger partial charge in [0.15, 0.2) is 5.13 Å². The van der Waals surface area contributed by atoms with E-state index < -0.39 is 0 Å². The molecule has 1 saturated heterocycles. The van der Waals surface area contributed by atoms with Crippen LogP contribution in [0, 0.1) is 13.8 Å². The van der Waals surface area contributed by atoms with Crippen LogP contribution in [0.4, 0.5) is 5.13 Å². The predicted octanol–water partition coefficient (Wildman–Crippen LogP) is 3.04. The van der Waals surface area contributed by atoms with Crippen LogP contribution in [-0.4, -0.2) is 23.5 Å². The minimum Gasteiger partial charge on any atom is -0.306 e. The highest BCUT2D eigenvalue weighted by atomic mass is 32.1. The number of nitrogens with one attached hydrogen (secondary N) is 2. The number of aryl methyl sites for hydroxylation is 2. The molecule has 2 aromatic rings. The smallest absolute Gasteiger partial charge is 0.243 e. The normalized spacial score (nSPS) is 17.6. The van der Waals surface area contributed by atoms with Crippen molar-refractivity contribution < 1.29 is 4.79 Å². The molecule has 1 aromatic heterocycles. The van der Waals surface area contributed by atoms with Crippen molar-refractivity contribution in [3.05, 3.63) is 46.0 Å². The van der Waals surface area contributed by atoms with Crippen molar-refractivity contribution in [2.24, 2.45) is 0 Å². The maximum atomic E-state index is 12.1. The van der Waals surface area contributed by atoms with Crippen molar-refractivity contribution >= 4 is 22.4 Å². The van der Waals surface area contributed by atoms with Crippen LogP contribution in [0.2, 0.25) is 0 Å². The number of benzene rings is 1. The zero-order valence-electron chi connectivity index (χ0n) is 13.0. The number of hydrogen-bond donors (Lipinski definition) is 2. The second kappa shape index (κ2) is 6.58. The molecule has 1 aliphatic heterocycles. The number of thiazole rings is 1. The molecule has 1 fully saturated rings. The topological polar surface area (TPSA) is 54.0 Å². The summed E-state index contributed by atoms with van der Waals surface area (Å²) >= 11 is 1.58. The van der Waals surface area contributed by atoms with Crippen LogP contribution in [0.1, 0.15) is 34.5 Å². The molecule has 0 spiro atoms. The monoisotopic (exact) mass is 315 g/mol. The molecule has 0 aliphatic carbocycles. The molecule has 2 heterocycles. The molecular formula is C17H21N3OS. The second-order valence-corrected chi connectivity index (χ2v) is 6.92. The van der Waals surface area contributed by atoms with Gasteiger partial charge in [-0.1, -0.05) is 29.8 Å². The van der Waals surface area contributed by atoms with Crippen molar-refractivity contribution in [2.75, 3.05) is 11.9 Å². The first kappa shape index (κ1) is 15.2. The van der Waals surface area contributed by atoms with Crippen LogP contribution in [0.5, 0.6) is 0 Å². The molecule has 4 nitrogen and oxygen atoms in total. The SMILES string of the molecule is Cc1cccc(Cc2sc(NC(=O)C3CCCN3)nc2C)c1. The average molecular weight is 315 g/mol. The fraction of sp³-hybridized carbons (Fsp3) is 0.412. The van der Waals surface area contributed by atoms with Crippen molar-refractivity contribution in [3.63, 3.8) is 0 Å². The largest absolute Gasteiger partial charge is 0.306 e. The van der Waals surface area contributed by atoms with Gasteiger partial charge >= 0.3 is 0 Å². The molecule has 1 atom stereocenters. The Morgan fingerprint density at radius 1 is 1.45 bits per heavy atom. The van der Waals surface area contributed by atoms with E-state index in [0.717, 1.165) is 31.5 Å². The van der Waals surface area contributed by atoms with Gasteiger partial charge in [0.25, 0.3) is 0 Å². The Labute approximate surface area is 135 Å². The fourth-order valence-electron chi connectivity index (χ4n) is 2.75. The van der Waals surface area contributed by atoms with Gasteiger partial charge in [0.1, 0.15) is 0 Å². The lowest BCUT2D eigenvalue weighted by molar-refractivity contribution is -0.117. The first-order valence-electron chi connectivity index (χ1n) is 7.68. The third kappa shape index (κ3) is 3.54. The van der Waals surface area contributed by atoms with Gasteiger partial charge in [0.05, 0.1) is 11.7 Å². The van der Waals surface area contributed by atoms with E-state index in [4.69, 9.17) is 0 Å². The van der Waals surface area contributed by atoms with Gasteiger partial charge < -0.3 is 10.6 Å². The van der Waals surface area contributed by atoms with Crippen LogP contribution >= 0.6 is 11.3 Å². The van der Waals surface area contributed by atoms with Gasteiger partial charge in [0, 0.05) is 11.3 Å². The highest BCUT2D eigenvalue weighted by Crippen LogP contribution is 2.26. The fourth-order valence-corrected chi connectivity index (χ4v) is 3.75. The summed E-state index contributed by atoms with van der Waals surface area (Å²) < 4.78 is 0. The number of carbonyl (C=O) groups is 1. The van der Waals surface area contributed by atoms with E-state index in [1.807, 2.05) is 6.92 Å². The lowest BCUT2D eigenvalue weighted by Gasteiger charge is -2.08. The number of nitrogens with zero attached hydrogens (tertiary/aromatic N) is 1. The van der Waals surface area contributed by atoms with E-state index in [0.29, 0.717) is 5.13 Å². The van der Waals surface area contributed by atoms with Gasteiger partial charge in [-0.2, -0.15) is 0 Å². The summed E-state index contributed by atoms with van der Waals surface area (Å²) in [6.07, 6.45) is 2.84. The van der Waals surface area contributed by atoms with Gasteiger partial charge in [0.2, 0.25) is 5.91 Å². The summed E-state index contributed by atoms with van der Waals surface area (Å²) in [6, 6.07) is 8.44. The lowest BCUT2D eigenvalue weighted by atomic mass is 10.1. The Hall–Kier alpha value is -1.72. The summed E-state index contributed by atoms with van der Waals surface area (Å²) in [7, 11) is 0. The average Bonchev–Trinajstić information content (AvgIpc) is 3.10. The van der Waals surface area contributed by atoms with Crippen molar-refractivity contribution in [3.8, 4) is 0 Å². The van der Waals surface area contributed by atoms with E-state index in [1.165, 1.54) is 16.0 Å². The van der Waals surface area contributed by atoms with Crippen molar-refractivity contribution in [1.82, 2.24) is 10.3 Å². The van der Waals surface area contributed by atoms with Gasteiger partial charge in [-0.05, 0) is 38.8 Å². The van der Waals surface area contributed by atoms with E-state index >= 15 is 0 Å². The number of carbonyl (C=O) groups excluding carboxylic acids is 1. The molecule has 0 saturated carbocycles. The minimum absolute atomic E-state index is 0.0355. The zero-order chi connectivity index (χ0) is 15.5. The third-order valence-electron chi connectivity index (χ3n) is 3.95. The number of aromatic nitrogens is 1. The predicted molar refractivity (Wildman–Crippen MR) is 90.5 cm³/mol. The molecule has 1 amide bonds. The molecule has 3 rings (SSSR count). The molecule has 22 heavy (non-hydrogen) atoms. The van der Waals surface area contributed by atoms with Crippen LogP contribution < -0.4 is 10.6 Å². The number of anilines is 1. The summed E-state index contributed by atoms with van der Waals surface area (Å²) in [5.41, 5.74) is 3.55. The molecule has 116 valence electrons. The number of hydrogen-bond acceptors (Lipinski definition) is 4. The van der Waals surface area contributed by atoms with E-state index in [-0.39, 0.29) is 11.9 Å². The molecular weight excluding hydrogens is 294 g/mol. The first-order valence-corrected chi connectivity index (χ1v) is 8.49. The van der Waals surface area contributed by atoms with Crippen LogP contribution in [0.3, 0.4) is 0 Å². The van der Waals surface area contributed by atoms with Crippen molar-refractivity contribution in [2.45, 2.75) is 39.2 Å². The zero-order valence-corrected chi connectivity index (χ0v) is 13.8. The number of rotatable bonds is 4. The summed E-state index contributed by atoms with van der Waals surface area (Å²) in [5.74, 6) is 0.0355. The molecule has 1 unspecified atom stereocenters. The molecule has 5 heteroatoms. The molecule has 1 aliphatic rings. The standard InChI is InChI=1S/C17H21N3OS/c1-11-5-3-6-13(9-11)10-15-12(2)19-17(22-15)20-16(21)14-7-4-8-18-14/h3,5-6,9,14,18H,4,7-8,10H2,1-2H3,(H,19,20,21). The quantitative estimate of drug-likeness (QED) is 0.912. The Morgan fingerprint density at radius 3 is 3.05 bits per heavy atom. The maximum Gasteiger partial charge on any atom is 0.243 e. The molecule has 0 radical (unpaired) electrons. The van der Waals surface area contributed by atoms with Gasteiger partial charge in [-0.25, -0.2) is 4.98 Å². The van der Waals surface area contributed by atoms with Crippen LogP contribution in [-0.2, 0) is 11.2 Å². The number of amides is 1. The van der Waals surface area contributed by atoms with E-state index in [9.17, 15) is 4.79 Å². The molecule has 0 bridgehead atoms. The Bertz CT molecular complexity index is 674. The molecule has 2 N–H and O–H groups in total. The van der Waals surface area contributed by atoms with E-state index in [1.54, 1.807) is 11.3 Å². The highest BCUT2D eigenvalue weighted by molar-refractivity contribution is 7.15. The second-order valence-electron chi connectivity index (χ2n) is 5.83. The van der Waals surface area contributed by atoms with Gasteiger partial charge in [-0.3, -0.25) is 4.79 Å². The third-order valence-corrected chi connectivity index (χ3v) is 5.02. The molecule has 1 aromatic carbocycles. The lowest BCUT2D eigenvalue weighted by Crippen LogP contribution is -2.35.